The van der Waals surface area contributed by atoms with E-state index < -0.39 is 0 Å². The first kappa shape index (κ1) is 19.1. The Morgan fingerprint density at radius 1 is 1.31 bits per heavy atom. The van der Waals surface area contributed by atoms with E-state index in [0.29, 0.717) is 30.6 Å². The summed E-state index contributed by atoms with van der Waals surface area (Å²) in [7, 11) is 0. The molecule has 1 atom stereocenters. The zero-order valence-electron chi connectivity index (χ0n) is 16.6. The van der Waals surface area contributed by atoms with Crippen LogP contribution in [0.3, 0.4) is 0 Å². The molecule has 8 heteroatoms. The molecule has 0 spiro atoms. The Kier molecular flexibility index (Phi) is 5.53. The smallest absolute Gasteiger partial charge is 0.271 e. The van der Waals surface area contributed by atoms with Crippen LogP contribution in [0.1, 0.15) is 33.6 Å². The molecule has 0 unspecified atom stereocenters. The highest BCUT2D eigenvalue weighted by atomic mass is 16.5. The number of amides is 1. The number of hydrogen-bond acceptors (Lipinski definition) is 6. The molecule has 2 N–H and O–H groups in total. The van der Waals surface area contributed by atoms with Crippen LogP contribution in [-0.4, -0.2) is 44.7 Å². The highest BCUT2D eigenvalue weighted by molar-refractivity contribution is 5.92. The number of imidazole rings is 1. The van der Waals surface area contributed by atoms with Gasteiger partial charge in [-0.25, -0.2) is 9.97 Å². The van der Waals surface area contributed by atoms with Gasteiger partial charge in [-0.3, -0.25) is 9.36 Å². The number of carbonyl (C=O) groups is 1. The third-order valence-corrected chi connectivity index (χ3v) is 4.80. The molecule has 8 nitrogen and oxygen atoms in total. The van der Waals surface area contributed by atoms with Crippen LogP contribution in [0, 0.1) is 13.8 Å². The fraction of sp³-hybridized carbons (Fsp3) is 0.333. The second kappa shape index (κ2) is 8.40. The molecule has 1 saturated heterocycles. The topological polar surface area (TPSA) is 94.0 Å². The zero-order valence-corrected chi connectivity index (χ0v) is 16.6. The Hall–Kier alpha value is -3.26. The normalized spacial score (nSPS) is 16.0. The molecule has 150 valence electrons. The molecule has 29 heavy (non-hydrogen) atoms. The summed E-state index contributed by atoms with van der Waals surface area (Å²) in [5.74, 6) is 1.00. The van der Waals surface area contributed by atoms with Crippen LogP contribution < -0.4 is 10.6 Å². The van der Waals surface area contributed by atoms with Crippen molar-refractivity contribution in [3.05, 3.63) is 65.4 Å². The van der Waals surface area contributed by atoms with Crippen molar-refractivity contribution in [3.63, 3.8) is 0 Å². The quantitative estimate of drug-likeness (QED) is 0.669. The number of nitrogens with zero attached hydrogens (tertiary/aromatic N) is 4. The number of aryl methyl sites for hydroxylation is 2. The molecule has 0 bridgehead atoms. The van der Waals surface area contributed by atoms with Gasteiger partial charge in [0.1, 0.15) is 17.8 Å². The molecular weight excluding hydrogens is 368 g/mol. The summed E-state index contributed by atoms with van der Waals surface area (Å²) >= 11 is 0. The third-order valence-electron chi connectivity index (χ3n) is 4.80. The molecule has 1 aliphatic rings. The van der Waals surface area contributed by atoms with Crippen molar-refractivity contribution in [2.24, 2.45) is 0 Å². The van der Waals surface area contributed by atoms with Gasteiger partial charge in [0.25, 0.3) is 5.91 Å². The van der Waals surface area contributed by atoms with Gasteiger partial charge < -0.3 is 15.4 Å². The minimum absolute atomic E-state index is 0.219. The maximum Gasteiger partial charge on any atom is 0.271 e. The van der Waals surface area contributed by atoms with Gasteiger partial charge in [0.2, 0.25) is 5.95 Å². The number of benzene rings is 1. The number of hydrogen-bond donors (Lipinski definition) is 2. The van der Waals surface area contributed by atoms with E-state index in [1.807, 2.05) is 38.1 Å². The van der Waals surface area contributed by atoms with Gasteiger partial charge >= 0.3 is 0 Å². The first-order valence-corrected chi connectivity index (χ1v) is 9.64. The summed E-state index contributed by atoms with van der Waals surface area (Å²) in [4.78, 5) is 25.7. The number of aromatic nitrogens is 4. The lowest BCUT2D eigenvalue weighted by molar-refractivity contribution is 0.0946. The van der Waals surface area contributed by atoms with Gasteiger partial charge in [0.05, 0.1) is 12.6 Å². The molecule has 4 rings (SSSR count). The van der Waals surface area contributed by atoms with Gasteiger partial charge in [-0.1, -0.05) is 29.8 Å². The Morgan fingerprint density at radius 2 is 2.21 bits per heavy atom. The van der Waals surface area contributed by atoms with Crippen LogP contribution in [0.4, 0.5) is 5.95 Å². The Bertz CT molecular complexity index is 1010. The molecule has 1 aromatic carbocycles. The summed E-state index contributed by atoms with van der Waals surface area (Å²) in [5.41, 5.74) is 3.45. The number of rotatable bonds is 6. The van der Waals surface area contributed by atoms with Crippen LogP contribution >= 0.6 is 0 Å². The summed E-state index contributed by atoms with van der Waals surface area (Å²) in [6, 6.07) is 8.26. The SMILES string of the molecule is Cc1cccc(CNC(=O)c2cn(-c3nc(N[C@H]4CCOC4)ncc3C)cn2)c1. The lowest BCUT2D eigenvalue weighted by Crippen LogP contribution is -2.23. The zero-order chi connectivity index (χ0) is 20.2. The van der Waals surface area contributed by atoms with E-state index in [1.54, 1.807) is 23.3 Å². The predicted octanol–water partition coefficient (Wildman–Crippen LogP) is 2.41. The summed E-state index contributed by atoms with van der Waals surface area (Å²) in [5, 5.41) is 6.20. The number of anilines is 1. The predicted molar refractivity (Wildman–Crippen MR) is 109 cm³/mol. The van der Waals surface area contributed by atoms with Gasteiger partial charge in [-0.05, 0) is 25.8 Å². The van der Waals surface area contributed by atoms with Crippen LogP contribution in [-0.2, 0) is 11.3 Å². The Labute approximate surface area is 169 Å². The minimum atomic E-state index is -0.224. The molecule has 0 aliphatic carbocycles. The van der Waals surface area contributed by atoms with E-state index in [2.05, 4.69) is 25.6 Å². The van der Waals surface area contributed by atoms with Crippen molar-refractivity contribution in [1.29, 1.82) is 0 Å². The third kappa shape index (κ3) is 4.60. The fourth-order valence-corrected chi connectivity index (χ4v) is 3.25. The summed E-state index contributed by atoms with van der Waals surface area (Å²) in [6.45, 7) is 5.81. The van der Waals surface area contributed by atoms with Crippen LogP contribution in [0.2, 0.25) is 0 Å². The molecule has 3 heterocycles. The van der Waals surface area contributed by atoms with Gasteiger partial charge in [0.15, 0.2) is 0 Å². The van der Waals surface area contributed by atoms with Crippen LogP contribution in [0.15, 0.2) is 43.0 Å². The van der Waals surface area contributed by atoms with E-state index in [0.717, 1.165) is 29.7 Å². The number of ether oxygens (including phenoxy) is 1. The maximum atomic E-state index is 12.5. The number of carbonyl (C=O) groups excluding carboxylic acids is 1. The molecule has 0 saturated carbocycles. The molecule has 3 aromatic rings. The number of nitrogens with one attached hydrogen (secondary N) is 2. The highest BCUT2D eigenvalue weighted by Gasteiger charge is 2.17. The molecule has 1 fully saturated rings. The largest absolute Gasteiger partial charge is 0.379 e. The van der Waals surface area contributed by atoms with Crippen LogP contribution in [0.25, 0.3) is 5.82 Å². The van der Waals surface area contributed by atoms with E-state index in [-0.39, 0.29) is 11.9 Å². The summed E-state index contributed by atoms with van der Waals surface area (Å²) < 4.78 is 7.13. The summed E-state index contributed by atoms with van der Waals surface area (Å²) in [6.07, 6.45) is 5.98. The van der Waals surface area contributed by atoms with E-state index in [9.17, 15) is 4.79 Å². The Morgan fingerprint density at radius 3 is 3.00 bits per heavy atom. The Balaban J connectivity index is 1.45. The molecule has 1 aliphatic heterocycles. The van der Waals surface area contributed by atoms with Gasteiger partial charge in [-0.2, -0.15) is 4.98 Å². The van der Waals surface area contributed by atoms with Crippen molar-refractivity contribution < 1.29 is 9.53 Å². The first-order valence-electron chi connectivity index (χ1n) is 9.64. The molecule has 2 aromatic heterocycles. The van der Waals surface area contributed by atoms with Gasteiger partial charge in [-0.15, -0.1) is 0 Å². The lowest BCUT2D eigenvalue weighted by Gasteiger charge is -2.12. The standard InChI is InChI=1S/C21H24N6O2/c1-14-4-3-5-16(8-14)10-22-20(28)18-11-27(13-24-18)19-15(2)9-23-21(26-19)25-17-6-7-29-12-17/h3-5,8-9,11,13,17H,6-7,10,12H2,1-2H3,(H,22,28)(H,23,25,26)/t17-/m0/s1. The average Bonchev–Trinajstić information content (AvgIpc) is 3.40. The van der Waals surface area contributed by atoms with Crippen molar-refractivity contribution in [2.45, 2.75) is 32.9 Å². The maximum absolute atomic E-state index is 12.5. The molecular formula is C21H24N6O2. The average molecular weight is 392 g/mol. The lowest BCUT2D eigenvalue weighted by atomic mass is 10.1. The second-order valence-electron chi connectivity index (χ2n) is 7.24. The highest BCUT2D eigenvalue weighted by Crippen LogP contribution is 2.16. The molecule has 0 radical (unpaired) electrons. The van der Waals surface area contributed by atoms with Gasteiger partial charge in [0, 0.05) is 31.1 Å². The van der Waals surface area contributed by atoms with E-state index >= 15 is 0 Å². The fourth-order valence-electron chi connectivity index (χ4n) is 3.25. The second-order valence-corrected chi connectivity index (χ2v) is 7.24. The van der Waals surface area contributed by atoms with Crippen molar-refractivity contribution in [3.8, 4) is 5.82 Å². The van der Waals surface area contributed by atoms with E-state index in [4.69, 9.17) is 4.74 Å². The van der Waals surface area contributed by atoms with E-state index in [1.165, 1.54) is 0 Å². The van der Waals surface area contributed by atoms with Crippen molar-refractivity contribution in [2.75, 3.05) is 18.5 Å². The first-order chi connectivity index (χ1) is 14.1. The minimum Gasteiger partial charge on any atom is -0.379 e. The monoisotopic (exact) mass is 392 g/mol. The van der Waals surface area contributed by atoms with Crippen molar-refractivity contribution >= 4 is 11.9 Å². The van der Waals surface area contributed by atoms with Crippen LogP contribution in [0.5, 0.6) is 0 Å². The van der Waals surface area contributed by atoms with Crippen molar-refractivity contribution in [1.82, 2.24) is 24.8 Å². The molecule has 1 amide bonds.